The molecule has 1 aliphatic rings. The summed E-state index contributed by atoms with van der Waals surface area (Å²) in [5.74, 6) is 0. The molecule has 0 amide bonds. The molecule has 0 aromatic heterocycles. The molecule has 0 bridgehead atoms. The Bertz CT molecular complexity index is 1110. The van der Waals surface area contributed by atoms with Gasteiger partial charge in [0.2, 0.25) is 0 Å². The molecule has 159 valence electrons. The topological polar surface area (TPSA) is 0 Å². The van der Waals surface area contributed by atoms with Crippen molar-refractivity contribution in [3.63, 3.8) is 0 Å². The third-order valence-corrected chi connectivity index (χ3v) is 11.4. The molecule has 1 atom stereocenters. The van der Waals surface area contributed by atoms with Crippen LogP contribution in [0.4, 0.5) is 0 Å². The predicted molar refractivity (Wildman–Crippen MR) is 133 cm³/mol. The number of aryl methyl sites for hydroxylation is 1. The Morgan fingerprint density at radius 3 is 2.10 bits per heavy atom. The fourth-order valence-corrected chi connectivity index (χ4v) is 10.6. The number of benzene rings is 3. The van der Waals surface area contributed by atoms with E-state index < -0.39 is 19.4 Å². The molecule has 0 spiro atoms. The Morgan fingerprint density at radius 1 is 0.839 bits per heavy atom. The van der Waals surface area contributed by atoms with Crippen LogP contribution in [0, 0.1) is 5.41 Å². The maximum absolute atomic E-state index is 6.76. The SMILES string of the molecule is CCCc1ccc2c(c1-c1ccccc1-c1ccccc1)C=C(C(C)(C)C)[CH]2[Zr]([Cl])[Cl]. The summed E-state index contributed by atoms with van der Waals surface area (Å²) in [6, 6.07) is 24.1. The molecular weight excluding hydrogens is 498 g/mol. The molecule has 3 heteroatoms. The zero-order chi connectivity index (χ0) is 22.2. The Balaban J connectivity index is 2.03. The second kappa shape index (κ2) is 9.39. The third-order valence-electron chi connectivity index (χ3n) is 6.17. The molecule has 1 aliphatic carbocycles. The molecule has 0 N–H and O–H groups in total. The van der Waals surface area contributed by atoms with E-state index in [0.29, 0.717) is 0 Å². The van der Waals surface area contributed by atoms with Crippen LogP contribution in [-0.4, -0.2) is 0 Å². The van der Waals surface area contributed by atoms with Gasteiger partial charge in [-0.15, -0.1) is 0 Å². The van der Waals surface area contributed by atoms with Crippen LogP contribution in [-0.2, 0) is 25.8 Å². The molecule has 31 heavy (non-hydrogen) atoms. The Kier molecular flexibility index (Phi) is 6.97. The summed E-state index contributed by atoms with van der Waals surface area (Å²) in [6.07, 6.45) is 4.59. The molecule has 0 heterocycles. The van der Waals surface area contributed by atoms with E-state index in [0.717, 1.165) is 12.8 Å². The van der Waals surface area contributed by atoms with E-state index in [4.69, 9.17) is 17.0 Å². The van der Waals surface area contributed by atoms with Gasteiger partial charge < -0.3 is 0 Å². The fourth-order valence-electron chi connectivity index (χ4n) is 4.75. The van der Waals surface area contributed by atoms with Crippen molar-refractivity contribution in [2.24, 2.45) is 5.41 Å². The first-order chi connectivity index (χ1) is 14.8. The maximum atomic E-state index is 6.76. The zero-order valence-corrected chi connectivity index (χ0v) is 22.6. The zero-order valence-electron chi connectivity index (χ0n) is 18.7. The van der Waals surface area contributed by atoms with Gasteiger partial charge in [-0.2, -0.15) is 0 Å². The standard InChI is InChI=1S/C28H29.2ClH.Zr/c1-5-11-21-16-17-22-18-23(28(2,3)4)19-26(22)27(21)25-15-10-9-14-24(25)20-12-7-6-8-13-20;;;/h6-10,12-19H,5,11H2,1-4H3;2*1H;/q;;;+2/p-2. The van der Waals surface area contributed by atoms with Crippen LogP contribution in [0.25, 0.3) is 28.3 Å². The van der Waals surface area contributed by atoms with Gasteiger partial charge in [-0.05, 0) is 0 Å². The molecular formula is C28H29Cl2Zr. The quantitative estimate of drug-likeness (QED) is 0.310. The van der Waals surface area contributed by atoms with Crippen molar-refractivity contribution in [3.8, 4) is 22.3 Å². The van der Waals surface area contributed by atoms with Gasteiger partial charge in [-0.25, -0.2) is 0 Å². The average molecular weight is 528 g/mol. The van der Waals surface area contributed by atoms with E-state index >= 15 is 0 Å². The molecule has 1 unspecified atom stereocenters. The van der Waals surface area contributed by atoms with E-state index in [1.807, 2.05) is 0 Å². The second-order valence-electron chi connectivity index (χ2n) is 9.34. The first-order valence-electron chi connectivity index (χ1n) is 11.0. The van der Waals surface area contributed by atoms with Gasteiger partial charge in [0.1, 0.15) is 0 Å². The van der Waals surface area contributed by atoms with Crippen molar-refractivity contribution in [2.75, 3.05) is 0 Å². The van der Waals surface area contributed by atoms with Crippen molar-refractivity contribution in [1.29, 1.82) is 0 Å². The van der Waals surface area contributed by atoms with Gasteiger partial charge in [0.15, 0.2) is 0 Å². The predicted octanol–water partition coefficient (Wildman–Crippen LogP) is 9.38. The Morgan fingerprint density at radius 2 is 1.48 bits per heavy atom. The molecule has 0 nitrogen and oxygen atoms in total. The second-order valence-corrected chi connectivity index (χ2v) is 18.1. The minimum atomic E-state index is -2.58. The number of hydrogen-bond acceptors (Lipinski definition) is 0. The van der Waals surface area contributed by atoms with Gasteiger partial charge in [0, 0.05) is 0 Å². The number of allylic oxidation sites excluding steroid dienone is 1. The van der Waals surface area contributed by atoms with E-state index in [2.05, 4.69) is 101 Å². The fraction of sp³-hybridized carbons (Fsp3) is 0.286. The van der Waals surface area contributed by atoms with Crippen molar-refractivity contribution >= 4 is 23.1 Å². The van der Waals surface area contributed by atoms with Crippen LogP contribution in [0.3, 0.4) is 0 Å². The van der Waals surface area contributed by atoms with Crippen LogP contribution in [0.2, 0.25) is 0 Å². The molecule has 3 aromatic rings. The molecule has 4 rings (SSSR count). The molecule has 3 aromatic carbocycles. The van der Waals surface area contributed by atoms with Gasteiger partial charge >= 0.3 is 203 Å². The van der Waals surface area contributed by atoms with Crippen LogP contribution >= 0.6 is 17.0 Å². The first-order valence-corrected chi connectivity index (χ1v) is 18.8. The summed E-state index contributed by atoms with van der Waals surface area (Å²) in [6.45, 7) is 9.09. The van der Waals surface area contributed by atoms with Crippen molar-refractivity contribution < 1.29 is 19.4 Å². The average Bonchev–Trinajstić information content (AvgIpc) is 3.15. The van der Waals surface area contributed by atoms with Gasteiger partial charge in [0.05, 0.1) is 0 Å². The van der Waals surface area contributed by atoms with E-state index in [-0.39, 0.29) is 9.04 Å². The number of halogens is 2. The summed E-state index contributed by atoms with van der Waals surface area (Å²) in [7, 11) is 13.5. The summed E-state index contributed by atoms with van der Waals surface area (Å²) >= 11 is -2.58. The van der Waals surface area contributed by atoms with Gasteiger partial charge in [-0.1, -0.05) is 0 Å². The van der Waals surface area contributed by atoms with Crippen LogP contribution in [0.15, 0.2) is 72.3 Å². The van der Waals surface area contributed by atoms with Crippen molar-refractivity contribution in [2.45, 2.75) is 44.2 Å². The third kappa shape index (κ3) is 4.52. The van der Waals surface area contributed by atoms with Gasteiger partial charge in [-0.3, -0.25) is 0 Å². The Labute approximate surface area is 202 Å². The van der Waals surface area contributed by atoms with Gasteiger partial charge in [0.25, 0.3) is 0 Å². The summed E-state index contributed by atoms with van der Waals surface area (Å²) in [5, 5.41) is 0. The molecule has 0 saturated carbocycles. The van der Waals surface area contributed by atoms with Crippen LogP contribution in [0.5, 0.6) is 0 Å². The minimum absolute atomic E-state index is 0.0421. The summed E-state index contributed by atoms with van der Waals surface area (Å²) in [4.78, 5) is 0. The van der Waals surface area contributed by atoms with Crippen LogP contribution < -0.4 is 0 Å². The molecule has 0 fully saturated rings. The molecule has 0 saturated heterocycles. The van der Waals surface area contributed by atoms with E-state index in [1.54, 1.807) is 0 Å². The first kappa shape index (κ1) is 23.0. The van der Waals surface area contributed by atoms with Crippen molar-refractivity contribution in [1.82, 2.24) is 0 Å². The number of fused-ring (bicyclic) bond motifs is 1. The normalized spacial score (nSPS) is 15.5. The van der Waals surface area contributed by atoms with Crippen molar-refractivity contribution in [3.05, 3.63) is 89.0 Å². The molecule has 0 aliphatic heterocycles. The van der Waals surface area contributed by atoms with E-state index in [1.165, 1.54) is 44.5 Å². The Hall–Kier alpha value is -1.14. The number of rotatable bonds is 5. The summed E-state index contributed by atoms with van der Waals surface area (Å²) < 4.78 is 0.221. The monoisotopic (exact) mass is 525 g/mol. The summed E-state index contributed by atoms with van der Waals surface area (Å²) in [5.41, 5.74) is 10.7. The number of hydrogen-bond donors (Lipinski definition) is 0. The molecule has 0 radical (unpaired) electrons. The van der Waals surface area contributed by atoms with Crippen LogP contribution in [0.1, 0.15) is 54.4 Å². The van der Waals surface area contributed by atoms with E-state index in [9.17, 15) is 0 Å².